The largest absolute Gasteiger partial charge is 0.461 e. The minimum Gasteiger partial charge on any atom is -0.461 e. The molecule has 106 valence electrons. The molecule has 0 N–H and O–H groups in total. The van der Waals surface area contributed by atoms with Gasteiger partial charge >= 0.3 is 5.97 Å². The maximum atomic E-state index is 11.8. The Morgan fingerprint density at radius 2 is 2.05 bits per heavy atom. The van der Waals surface area contributed by atoms with Crippen LogP contribution in [-0.2, 0) is 4.74 Å². The second-order valence-corrected chi connectivity index (χ2v) is 4.79. The van der Waals surface area contributed by atoms with Gasteiger partial charge in [-0.2, -0.15) is 0 Å². The van der Waals surface area contributed by atoms with E-state index < -0.39 is 5.97 Å². The van der Waals surface area contributed by atoms with Gasteiger partial charge in [0, 0.05) is 17.4 Å². The Hall–Kier alpha value is -2.40. The molecular formula is C15H12ClN3O2. The summed E-state index contributed by atoms with van der Waals surface area (Å²) in [6.45, 7) is 2.06. The van der Waals surface area contributed by atoms with Crippen LogP contribution in [0, 0.1) is 0 Å². The zero-order valence-electron chi connectivity index (χ0n) is 11.3. The molecule has 5 nitrogen and oxygen atoms in total. The molecular weight excluding hydrogens is 290 g/mol. The Morgan fingerprint density at radius 1 is 1.29 bits per heavy atom. The van der Waals surface area contributed by atoms with Crippen LogP contribution in [0.2, 0.25) is 5.02 Å². The number of nitrogens with zero attached hydrogens (tertiary/aromatic N) is 3. The van der Waals surface area contributed by atoms with Crippen molar-refractivity contribution in [1.82, 2.24) is 14.4 Å². The molecule has 0 fully saturated rings. The maximum absolute atomic E-state index is 11.8. The highest BCUT2D eigenvalue weighted by Crippen LogP contribution is 2.22. The second kappa shape index (κ2) is 5.54. The van der Waals surface area contributed by atoms with Crippen LogP contribution in [0.3, 0.4) is 0 Å². The molecule has 0 aliphatic heterocycles. The third-order valence-electron chi connectivity index (χ3n) is 2.99. The Bertz CT molecular complexity index is 796. The van der Waals surface area contributed by atoms with Crippen molar-refractivity contribution in [2.24, 2.45) is 0 Å². The quantitative estimate of drug-likeness (QED) is 0.697. The van der Waals surface area contributed by atoms with Crippen molar-refractivity contribution < 1.29 is 9.53 Å². The first-order valence-corrected chi connectivity index (χ1v) is 6.84. The van der Waals surface area contributed by atoms with Crippen molar-refractivity contribution in [2.45, 2.75) is 6.92 Å². The van der Waals surface area contributed by atoms with E-state index in [1.54, 1.807) is 23.7 Å². The van der Waals surface area contributed by atoms with Crippen LogP contribution in [0.25, 0.3) is 17.0 Å². The number of ether oxygens (including phenoxy) is 1. The molecule has 0 unspecified atom stereocenters. The molecule has 6 heteroatoms. The molecule has 0 saturated heterocycles. The molecule has 0 atom stereocenters. The molecule has 0 bridgehead atoms. The number of carbonyl (C=O) groups is 1. The minimum absolute atomic E-state index is 0.241. The first-order valence-electron chi connectivity index (χ1n) is 6.46. The lowest BCUT2D eigenvalue weighted by Gasteiger charge is -2.04. The normalized spacial score (nSPS) is 10.8. The van der Waals surface area contributed by atoms with E-state index in [2.05, 4.69) is 9.97 Å². The molecule has 0 aliphatic rings. The van der Waals surface area contributed by atoms with Gasteiger partial charge in [-0.15, -0.1) is 0 Å². The number of fused-ring (bicyclic) bond motifs is 1. The van der Waals surface area contributed by atoms with E-state index in [-0.39, 0.29) is 5.69 Å². The minimum atomic E-state index is -0.454. The fourth-order valence-corrected chi connectivity index (χ4v) is 2.18. The lowest BCUT2D eigenvalue weighted by atomic mass is 10.1. The van der Waals surface area contributed by atoms with E-state index in [1.165, 1.54) is 0 Å². The van der Waals surface area contributed by atoms with Crippen LogP contribution in [0.4, 0.5) is 0 Å². The van der Waals surface area contributed by atoms with Crippen LogP contribution in [-0.4, -0.2) is 26.9 Å². The number of esters is 1. The van der Waals surface area contributed by atoms with E-state index >= 15 is 0 Å². The first kappa shape index (κ1) is 13.6. The van der Waals surface area contributed by atoms with E-state index in [0.29, 0.717) is 17.4 Å². The smallest absolute Gasteiger partial charge is 0.358 e. The van der Waals surface area contributed by atoms with E-state index in [0.717, 1.165) is 11.3 Å². The van der Waals surface area contributed by atoms with Gasteiger partial charge in [0.25, 0.3) is 0 Å². The molecule has 0 radical (unpaired) electrons. The van der Waals surface area contributed by atoms with Crippen molar-refractivity contribution in [3.8, 4) is 11.3 Å². The highest BCUT2D eigenvalue weighted by atomic mass is 35.5. The van der Waals surface area contributed by atoms with Crippen molar-refractivity contribution in [3.63, 3.8) is 0 Å². The molecule has 0 spiro atoms. The van der Waals surface area contributed by atoms with Crippen LogP contribution in [0.15, 0.2) is 42.7 Å². The standard InChI is InChI=1S/C15H12ClN3O2/c1-2-21-14(20)12-9-19-13(7-8-17-15(19)18-12)10-3-5-11(16)6-4-10/h3-9H,2H2,1H3. The third-order valence-corrected chi connectivity index (χ3v) is 3.25. The second-order valence-electron chi connectivity index (χ2n) is 4.35. The summed E-state index contributed by atoms with van der Waals surface area (Å²) in [6, 6.07) is 9.29. The number of hydrogen-bond donors (Lipinski definition) is 0. The number of benzene rings is 1. The number of imidazole rings is 1. The van der Waals surface area contributed by atoms with E-state index in [9.17, 15) is 4.79 Å². The molecule has 21 heavy (non-hydrogen) atoms. The van der Waals surface area contributed by atoms with Gasteiger partial charge in [-0.05, 0) is 30.7 Å². The van der Waals surface area contributed by atoms with Gasteiger partial charge in [0.1, 0.15) is 0 Å². The lowest BCUT2D eigenvalue weighted by Crippen LogP contribution is -2.04. The molecule has 0 aliphatic carbocycles. The van der Waals surface area contributed by atoms with Gasteiger partial charge in [0.2, 0.25) is 5.78 Å². The van der Waals surface area contributed by atoms with Gasteiger partial charge in [-0.25, -0.2) is 14.8 Å². The van der Waals surface area contributed by atoms with Crippen LogP contribution in [0.1, 0.15) is 17.4 Å². The summed E-state index contributed by atoms with van der Waals surface area (Å²) < 4.78 is 6.72. The molecule has 2 heterocycles. The summed E-state index contributed by atoms with van der Waals surface area (Å²) in [5, 5.41) is 0.668. The van der Waals surface area contributed by atoms with Crippen molar-refractivity contribution in [2.75, 3.05) is 6.61 Å². The number of aromatic nitrogens is 3. The van der Waals surface area contributed by atoms with E-state index in [4.69, 9.17) is 16.3 Å². The fourth-order valence-electron chi connectivity index (χ4n) is 2.05. The summed E-state index contributed by atoms with van der Waals surface area (Å²) in [5.74, 6) is -0.00411. The van der Waals surface area contributed by atoms with Gasteiger partial charge in [-0.3, -0.25) is 4.40 Å². The number of carbonyl (C=O) groups excluding carboxylic acids is 1. The molecule has 2 aromatic heterocycles. The van der Waals surface area contributed by atoms with Crippen molar-refractivity contribution in [3.05, 3.63) is 53.4 Å². The molecule has 3 aromatic rings. The zero-order chi connectivity index (χ0) is 14.8. The maximum Gasteiger partial charge on any atom is 0.358 e. The topological polar surface area (TPSA) is 56.5 Å². The fraction of sp³-hybridized carbons (Fsp3) is 0.133. The van der Waals surface area contributed by atoms with Gasteiger partial charge in [0.05, 0.1) is 12.3 Å². The van der Waals surface area contributed by atoms with Crippen LogP contribution < -0.4 is 0 Å². The molecule has 0 amide bonds. The Morgan fingerprint density at radius 3 is 2.76 bits per heavy atom. The summed E-state index contributed by atoms with van der Waals surface area (Å²) in [7, 11) is 0. The number of rotatable bonds is 3. The SMILES string of the molecule is CCOC(=O)c1cn2c(-c3ccc(Cl)cc3)ccnc2n1. The van der Waals surface area contributed by atoms with Crippen molar-refractivity contribution in [1.29, 1.82) is 0 Å². The summed E-state index contributed by atoms with van der Waals surface area (Å²) in [5.41, 5.74) is 2.07. The summed E-state index contributed by atoms with van der Waals surface area (Å²) in [6.07, 6.45) is 3.28. The zero-order valence-corrected chi connectivity index (χ0v) is 12.0. The van der Waals surface area contributed by atoms with Gasteiger partial charge < -0.3 is 4.74 Å². The highest BCUT2D eigenvalue weighted by molar-refractivity contribution is 6.30. The molecule has 3 rings (SSSR count). The van der Waals surface area contributed by atoms with Gasteiger partial charge in [-0.1, -0.05) is 23.7 Å². The predicted molar refractivity (Wildman–Crippen MR) is 79.4 cm³/mol. The Labute approximate surface area is 126 Å². The number of halogens is 1. The van der Waals surface area contributed by atoms with Gasteiger partial charge in [0.15, 0.2) is 5.69 Å². The van der Waals surface area contributed by atoms with E-state index in [1.807, 2.05) is 30.3 Å². The molecule has 0 saturated carbocycles. The Kier molecular flexibility index (Phi) is 3.58. The Balaban J connectivity index is 2.11. The number of hydrogen-bond acceptors (Lipinski definition) is 4. The van der Waals surface area contributed by atoms with Crippen LogP contribution in [0.5, 0.6) is 0 Å². The van der Waals surface area contributed by atoms with Crippen molar-refractivity contribution >= 4 is 23.3 Å². The predicted octanol–water partition coefficient (Wildman–Crippen LogP) is 3.23. The van der Waals surface area contributed by atoms with Crippen LogP contribution >= 0.6 is 11.6 Å². The highest BCUT2D eigenvalue weighted by Gasteiger charge is 2.14. The average molecular weight is 302 g/mol. The average Bonchev–Trinajstić information content (AvgIpc) is 2.92. The molecule has 1 aromatic carbocycles. The summed E-state index contributed by atoms with van der Waals surface area (Å²) >= 11 is 5.91. The lowest BCUT2D eigenvalue weighted by molar-refractivity contribution is 0.0520. The first-order chi connectivity index (χ1) is 10.2. The third kappa shape index (κ3) is 2.60. The monoisotopic (exact) mass is 301 g/mol. The summed E-state index contributed by atoms with van der Waals surface area (Å²) in [4.78, 5) is 20.1.